The van der Waals surface area contributed by atoms with Crippen LogP contribution >= 0.6 is 0 Å². The molecule has 6 nitrogen and oxygen atoms in total. The van der Waals surface area contributed by atoms with Crippen molar-refractivity contribution in [1.29, 1.82) is 5.26 Å². The minimum absolute atomic E-state index is 0.0529. The summed E-state index contributed by atoms with van der Waals surface area (Å²) in [6.45, 7) is 18.2. The van der Waals surface area contributed by atoms with Crippen molar-refractivity contribution in [2.24, 2.45) is 28.1 Å². The van der Waals surface area contributed by atoms with Crippen molar-refractivity contribution in [3.05, 3.63) is 35.4 Å². The number of ether oxygens (including phenoxy) is 2. The normalized spacial score (nSPS) is 31.0. The van der Waals surface area contributed by atoms with E-state index in [1.165, 1.54) is 5.56 Å². The number of rotatable bonds is 10. The van der Waals surface area contributed by atoms with Gasteiger partial charge in [-0.15, -0.1) is 0 Å². The van der Waals surface area contributed by atoms with Crippen LogP contribution in [0.3, 0.4) is 0 Å². The number of benzene rings is 1. The first-order valence-electron chi connectivity index (χ1n) is 15.3. The Kier molecular flexibility index (Phi) is 10.9. The van der Waals surface area contributed by atoms with Gasteiger partial charge in [0.2, 0.25) is 0 Å². The second-order valence-electron chi connectivity index (χ2n) is 15.0. The van der Waals surface area contributed by atoms with E-state index in [2.05, 4.69) is 65.0 Å². The first kappa shape index (κ1) is 33.0. The van der Waals surface area contributed by atoms with Gasteiger partial charge in [-0.3, -0.25) is 0 Å². The molecule has 2 fully saturated rings. The van der Waals surface area contributed by atoms with Gasteiger partial charge in [0, 0.05) is 12.3 Å². The molecule has 226 valence electrons. The monoisotopic (exact) mass is 557 g/mol. The van der Waals surface area contributed by atoms with Gasteiger partial charge in [-0.25, -0.2) is 0 Å². The molecular formula is C34H55NO5. The van der Waals surface area contributed by atoms with E-state index in [0.717, 1.165) is 31.2 Å². The van der Waals surface area contributed by atoms with E-state index in [1.807, 2.05) is 20.8 Å². The predicted octanol–water partition coefficient (Wildman–Crippen LogP) is 6.37. The second-order valence-corrected chi connectivity index (χ2v) is 15.0. The number of hydrogen-bond acceptors (Lipinski definition) is 6. The lowest BCUT2D eigenvalue weighted by molar-refractivity contribution is -0.171. The standard InChI is InChI=1S/C34H55NO5/c1-22-15-29(37)31(38)30(40-22)17-24-11-14-28(36)26(16-24)20-39-19-23-9-12-25(13-10-23)27(32(2,3)4)18-33(5,6)34(7,8)21-35/h9-10,12-13,22,24,26-31,36-38H,11,14-20H2,1-8H3/t22?,24-,26?,27?,28+,29?,30-,31-/m1/s1. The molecule has 1 aromatic carbocycles. The number of aliphatic hydroxyl groups is 3. The minimum Gasteiger partial charge on any atom is -0.393 e. The van der Waals surface area contributed by atoms with Crippen LogP contribution in [0.15, 0.2) is 24.3 Å². The van der Waals surface area contributed by atoms with Crippen molar-refractivity contribution >= 4 is 0 Å². The molecule has 1 aromatic rings. The van der Waals surface area contributed by atoms with Crippen LogP contribution in [0.1, 0.15) is 111 Å². The summed E-state index contributed by atoms with van der Waals surface area (Å²) in [6, 6.07) is 11.2. The molecule has 3 N–H and O–H groups in total. The third kappa shape index (κ3) is 8.29. The molecule has 4 unspecified atom stereocenters. The fourth-order valence-electron chi connectivity index (χ4n) is 6.44. The van der Waals surface area contributed by atoms with Crippen LogP contribution in [0.2, 0.25) is 0 Å². The molecular weight excluding hydrogens is 502 g/mol. The van der Waals surface area contributed by atoms with Crippen molar-refractivity contribution in [3.63, 3.8) is 0 Å². The Labute approximate surface area is 243 Å². The highest BCUT2D eigenvalue weighted by molar-refractivity contribution is 5.27. The van der Waals surface area contributed by atoms with Gasteiger partial charge < -0.3 is 24.8 Å². The summed E-state index contributed by atoms with van der Waals surface area (Å²) in [6.07, 6.45) is 2.17. The number of nitrogens with zero attached hydrogens (tertiary/aromatic N) is 1. The van der Waals surface area contributed by atoms with Gasteiger partial charge in [0.25, 0.3) is 0 Å². The van der Waals surface area contributed by atoms with Gasteiger partial charge in [0.1, 0.15) is 6.10 Å². The number of aliphatic hydroxyl groups excluding tert-OH is 3. The van der Waals surface area contributed by atoms with Crippen LogP contribution in [0, 0.1) is 39.4 Å². The molecule has 0 aromatic heterocycles. The summed E-state index contributed by atoms with van der Waals surface area (Å²) in [7, 11) is 0. The third-order valence-corrected chi connectivity index (χ3v) is 10.1. The average Bonchev–Trinajstić information content (AvgIpc) is 2.87. The fraction of sp³-hybridized carbons (Fsp3) is 0.794. The molecule has 0 amide bonds. The summed E-state index contributed by atoms with van der Waals surface area (Å²) >= 11 is 0. The maximum atomic E-state index is 10.6. The molecule has 2 aliphatic rings. The molecule has 1 saturated carbocycles. The number of nitriles is 1. The zero-order chi connectivity index (χ0) is 29.9. The predicted molar refractivity (Wildman–Crippen MR) is 159 cm³/mol. The topological polar surface area (TPSA) is 103 Å². The highest BCUT2D eigenvalue weighted by Gasteiger charge is 2.42. The molecule has 3 rings (SSSR count). The lowest BCUT2D eigenvalue weighted by Gasteiger charge is -2.43. The van der Waals surface area contributed by atoms with Crippen molar-refractivity contribution in [3.8, 4) is 6.07 Å². The molecule has 0 radical (unpaired) electrons. The lowest BCUT2D eigenvalue weighted by Crippen LogP contribution is -2.48. The fourth-order valence-corrected chi connectivity index (χ4v) is 6.44. The van der Waals surface area contributed by atoms with E-state index in [9.17, 15) is 20.6 Å². The van der Waals surface area contributed by atoms with Gasteiger partial charge in [-0.05, 0) is 86.7 Å². The number of hydrogen-bond donors (Lipinski definition) is 3. The van der Waals surface area contributed by atoms with Crippen LogP contribution < -0.4 is 0 Å². The van der Waals surface area contributed by atoms with Crippen molar-refractivity contribution in [2.45, 2.75) is 137 Å². The Hall–Kier alpha value is -1.49. The summed E-state index contributed by atoms with van der Waals surface area (Å²) in [5.74, 6) is 0.699. The Bertz CT molecular complexity index is 976. The molecule has 8 atom stereocenters. The van der Waals surface area contributed by atoms with E-state index < -0.39 is 17.6 Å². The highest BCUT2D eigenvalue weighted by Crippen LogP contribution is 2.50. The van der Waals surface area contributed by atoms with Crippen molar-refractivity contribution in [1.82, 2.24) is 0 Å². The molecule has 40 heavy (non-hydrogen) atoms. The quantitative estimate of drug-likeness (QED) is 0.309. The first-order valence-corrected chi connectivity index (χ1v) is 15.3. The van der Waals surface area contributed by atoms with E-state index in [1.54, 1.807) is 0 Å². The van der Waals surface area contributed by atoms with Crippen LogP contribution in [-0.4, -0.2) is 52.4 Å². The van der Waals surface area contributed by atoms with Gasteiger partial charge in [-0.2, -0.15) is 5.26 Å². The Balaban J connectivity index is 1.56. The van der Waals surface area contributed by atoms with Crippen molar-refractivity contribution < 1.29 is 24.8 Å². The molecule has 0 spiro atoms. The van der Waals surface area contributed by atoms with Crippen molar-refractivity contribution in [2.75, 3.05) is 6.61 Å². The maximum Gasteiger partial charge on any atom is 0.106 e. The van der Waals surface area contributed by atoms with E-state index in [4.69, 9.17) is 9.47 Å². The molecule has 1 aliphatic carbocycles. The molecule has 6 heteroatoms. The highest BCUT2D eigenvalue weighted by atomic mass is 16.5. The Morgan fingerprint density at radius 2 is 1.62 bits per heavy atom. The molecule has 1 aliphatic heterocycles. The average molecular weight is 558 g/mol. The van der Waals surface area contributed by atoms with Crippen LogP contribution in [0.5, 0.6) is 0 Å². The van der Waals surface area contributed by atoms with E-state index >= 15 is 0 Å². The zero-order valence-electron chi connectivity index (χ0n) is 26.2. The summed E-state index contributed by atoms with van der Waals surface area (Å²) in [5.41, 5.74) is 1.89. The Morgan fingerprint density at radius 1 is 0.975 bits per heavy atom. The lowest BCUT2D eigenvalue weighted by atomic mass is 9.60. The van der Waals surface area contributed by atoms with Gasteiger partial charge in [0.15, 0.2) is 0 Å². The molecule has 0 bridgehead atoms. The summed E-state index contributed by atoms with van der Waals surface area (Å²) in [4.78, 5) is 0. The minimum atomic E-state index is -0.845. The first-order chi connectivity index (χ1) is 18.5. The smallest absolute Gasteiger partial charge is 0.106 e. The third-order valence-electron chi connectivity index (χ3n) is 10.1. The van der Waals surface area contributed by atoms with Gasteiger partial charge >= 0.3 is 0 Å². The molecule has 1 saturated heterocycles. The zero-order valence-corrected chi connectivity index (χ0v) is 26.2. The van der Waals surface area contributed by atoms with Gasteiger partial charge in [-0.1, -0.05) is 58.9 Å². The van der Waals surface area contributed by atoms with E-state index in [0.29, 0.717) is 37.9 Å². The van der Waals surface area contributed by atoms with Crippen LogP contribution in [-0.2, 0) is 16.1 Å². The molecule has 1 heterocycles. The summed E-state index contributed by atoms with van der Waals surface area (Å²) in [5, 5.41) is 41.0. The van der Waals surface area contributed by atoms with Crippen LogP contribution in [0.25, 0.3) is 0 Å². The SMILES string of the molecule is CC1CC(O)[C@@H](O)[C@@H](C[C@@H]2CC[C@H](O)C(COCc3ccc(C(CC(C)(C)C(C)(C)C#N)C(C)(C)C)cc3)C2)O1. The van der Waals surface area contributed by atoms with Crippen LogP contribution in [0.4, 0.5) is 0 Å². The van der Waals surface area contributed by atoms with E-state index in [-0.39, 0.29) is 35.1 Å². The maximum absolute atomic E-state index is 10.6. The largest absolute Gasteiger partial charge is 0.393 e. The Morgan fingerprint density at radius 3 is 2.23 bits per heavy atom. The van der Waals surface area contributed by atoms with Gasteiger partial charge in [0.05, 0.1) is 49.1 Å². The summed E-state index contributed by atoms with van der Waals surface area (Å²) < 4.78 is 12.1. The second kappa shape index (κ2) is 13.2.